The maximum absolute atomic E-state index is 12.4. The lowest BCUT2D eigenvalue weighted by atomic mass is 10.1. The van der Waals surface area contributed by atoms with Crippen LogP contribution in [0.3, 0.4) is 0 Å². The monoisotopic (exact) mass is 326 g/mol. The Morgan fingerprint density at radius 2 is 1.87 bits per heavy atom. The number of hydrogen-bond donors (Lipinski definition) is 2. The minimum absolute atomic E-state index is 0.249. The number of H-pyrrole nitrogens is 1. The first kappa shape index (κ1) is 15.3. The van der Waals surface area contributed by atoms with Crippen molar-refractivity contribution in [3.05, 3.63) is 70.9 Å². The van der Waals surface area contributed by atoms with Crippen LogP contribution < -0.4 is 5.32 Å². The van der Waals surface area contributed by atoms with Crippen LogP contribution in [0, 0.1) is 0 Å². The van der Waals surface area contributed by atoms with E-state index in [1.807, 2.05) is 37.3 Å². The van der Waals surface area contributed by atoms with Gasteiger partial charge in [0.2, 0.25) is 0 Å². The van der Waals surface area contributed by atoms with Crippen LogP contribution in [0.1, 0.15) is 28.9 Å². The zero-order valence-corrected chi connectivity index (χ0v) is 13.2. The maximum Gasteiger partial charge on any atom is 0.292 e. The third kappa shape index (κ3) is 3.12. The Bertz CT molecular complexity index is 871. The molecule has 23 heavy (non-hydrogen) atoms. The normalized spacial score (nSPS) is 12.1. The van der Waals surface area contributed by atoms with Crippen LogP contribution in [0.5, 0.6) is 0 Å². The van der Waals surface area contributed by atoms with E-state index in [-0.39, 0.29) is 6.04 Å². The van der Waals surface area contributed by atoms with Gasteiger partial charge in [0.25, 0.3) is 11.7 Å². The predicted octanol–water partition coefficient (Wildman–Crippen LogP) is 3.88. The van der Waals surface area contributed by atoms with E-state index < -0.39 is 11.7 Å². The van der Waals surface area contributed by atoms with Crippen molar-refractivity contribution >= 4 is 34.2 Å². The summed E-state index contributed by atoms with van der Waals surface area (Å²) in [6.45, 7) is 1.84. The highest BCUT2D eigenvalue weighted by molar-refractivity contribution is 6.45. The molecule has 1 unspecified atom stereocenters. The van der Waals surface area contributed by atoms with E-state index in [1.165, 1.54) is 6.20 Å². The van der Waals surface area contributed by atoms with E-state index in [1.54, 1.807) is 18.2 Å². The van der Waals surface area contributed by atoms with Crippen molar-refractivity contribution in [1.82, 2.24) is 10.3 Å². The van der Waals surface area contributed by atoms with Gasteiger partial charge in [-0.25, -0.2) is 0 Å². The first-order valence-corrected chi connectivity index (χ1v) is 7.61. The Hall–Kier alpha value is -2.59. The fourth-order valence-electron chi connectivity index (χ4n) is 2.49. The molecule has 1 amide bonds. The number of hydrogen-bond acceptors (Lipinski definition) is 2. The van der Waals surface area contributed by atoms with Crippen LogP contribution in [-0.2, 0) is 4.79 Å². The largest absolute Gasteiger partial charge is 0.360 e. The Labute approximate surface area is 138 Å². The van der Waals surface area contributed by atoms with Crippen molar-refractivity contribution in [2.24, 2.45) is 0 Å². The van der Waals surface area contributed by atoms with E-state index in [9.17, 15) is 9.59 Å². The number of benzene rings is 2. The van der Waals surface area contributed by atoms with E-state index in [2.05, 4.69) is 10.3 Å². The zero-order chi connectivity index (χ0) is 16.4. The van der Waals surface area contributed by atoms with Gasteiger partial charge < -0.3 is 10.3 Å². The molecule has 0 aliphatic heterocycles. The summed E-state index contributed by atoms with van der Waals surface area (Å²) < 4.78 is 0. The summed E-state index contributed by atoms with van der Waals surface area (Å²) in [5, 5.41) is 3.89. The molecule has 0 saturated heterocycles. The predicted molar refractivity (Wildman–Crippen MR) is 90.6 cm³/mol. The molecule has 3 aromatic rings. The number of rotatable bonds is 4. The van der Waals surface area contributed by atoms with Crippen LogP contribution in [0.2, 0.25) is 5.02 Å². The lowest BCUT2D eigenvalue weighted by Gasteiger charge is -2.13. The second-order valence-corrected chi connectivity index (χ2v) is 5.76. The number of halogens is 1. The summed E-state index contributed by atoms with van der Waals surface area (Å²) in [4.78, 5) is 27.6. The SMILES string of the molecule is CC(NC(=O)C(=O)c1c[nH]c2ccc(Cl)cc12)c1ccccc1. The standard InChI is InChI=1S/C18H15ClN2O2/c1-11(12-5-3-2-4-6-12)21-18(23)17(22)15-10-20-16-8-7-13(19)9-14(15)16/h2-11,20H,1H3,(H,21,23). The smallest absolute Gasteiger partial charge is 0.292 e. The molecule has 2 N–H and O–H groups in total. The van der Waals surface area contributed by atoms with Crippen LogP contribution in [0.15, 0.2) is 54.7 Å². The minimum Gasteiger partial charge on any atom is -0.360 e. The number of amides is 1. The molecule has 1 aromatic heterocycles. The number of carbonyl (C=O) groups excluding carboxylic acids is 2. The van der Waals surface area contributed by atoms with E-state index in [0.29, 0.717) is 16.0 Å². The van der Waals surface area contributed by atoms with E-state index in [4.69, 9.17) is 11.6 Å². The Kier molecular flexibility index (Phi) is 4.17. The summed E-state index contributed by atoms with van der Waals surface area (Å²) in [7, 11) is 0. The lowest BCUT2D eigenvalue weighted by molar-refractivity contribution is -0.117. The molecule has 0 saturated carbocycles. The lowest BCUT2D eigenvalue weighted by Crippen LogP contribution is -2.33. The number of nitrogens with one attached hydrogen (secondary N) is 2. The number of fused-ring (bicyclic) bond motifs is 1. The number of aromatic nitrogens is 1. The van der Waals surface area contributed by atoms with E-state index in [0.717, 1.165) is 11.1 Å². The van der Waals surface area contributed by atoms with Crippen molar-refractivity contribution in [3.63, 3.8) is 0 Å². The van der Waals surface area contributed by atoms with Crippen molar-refractivity contribution < 1.29 is 9.59 Å². The van der Waals surface area contributed by atoms with Gasteiger partial charge in [-0.2, -0.15) is 0 Å². The number of Topliss-reactive ketones (excluding diaryl/α,β-unsaturated/α-hetero) is 1. The van der Waals surface area contributed by atoms with Crippen LogP contribution >= 0.6 is 11.6 Å². The van der Waals surface area contributed by atoms with Crippen LogP contribution in [0.4, 0.5) is 0 Å². The van der Waals surface area contributed by atoms with Gasteiger partial charge in [-0.15, -0.1) is 0 Å². The second-order valence-electron chi connectivity index (χ2n) is 5.33. The molecule has 0 radical (unpaired) electrons. The molecule has 1 heterocycles. The average molecular weight is 327 g/mol. The van der Waals surface area contributed by atoms with Gasteiger partial charge in [-0.3, -0.25) is 9.59 Å². The summed E-state index contributed by atoms with van der Waals surface area (Å²) in [5.41, 5.74) is 2.03. The third-order valence-electron chi connectivity index (χ3n) is 3.74. The molecule has 0 bridgehead atoms. The van der Waals surface area contributed by atoms with Crippen molar-refractivity contribution in [1.29, 1.82) is 0 Å². The van der Waals surface area contributed by atoms with Gasteiger partial charge in [0, 0.05) is 22.1 Å². The summed E-state index contributed by atoms with van der Waals surface area (Å²) >= 11 is 5.97. The molecular weight excluding hydrogens is 312 g/mol. The molecule has 116 valence electrons. The third-order valence-corrected chi connectivity index (χ3v) is 3.98. The Balaban J connectivity index is 1.82. The van der Waals surface area contributed by atoms with Gasteiger partial charge in [0.1, 0.15) is 0 Å². The minimum atomic E-state index is -0.637. The number of ketones is 1. The zero-order valence-electron chi connectivity index (χ0n) is 12.5. The van der Waals surface area contributed by atoms with Crippen molar-refractivity contribution in [2.45, 2.75) is 13.0 Å². The van der Waals surface area contributed by atoms with Crippen LogP contribution in [0.25, 0.3) is 10.9 Å². The van der Waals surface area contributed by atoms with Gasteiger partial charge in [0.15, 0.2) is 0 Å². The molecule has 0 spiro atoms. The molecular formula is C18H15ClN2O2. The van der Waals surface area contributed by atoms with Crippen molar-refractivity contribution in [2.75, 3.05) is 0 Å². The second kappa shape index (κ2) is 6.26. The van der Waals surface area contributed by atoms with Gasteiger partial charge in [-0.05, 0) is 30.7 Å². The molecule has 0 aliphatic carbocycles. The molecule has 5 heteroatoms. The summed E-state index contributed by atoms with van der Waals surface area (Å²) in [5.74, 6) is -1.22. The number of carbonyl (C=O) groups is 2. The molecule has 0 aliphatic rings. The van der Waals surface area contributed by atoms with Crippen LogP contribution in [-0.4, -0.2) is 16.7 Å². The topological polar surface area (TPSA) is 62.0 Å². The molecule has 3 rings (SSSR count). The summed E-state index contributed by atoms with van der Waals surface area (Å²) in [6.07, 6.45) is 1.54. The Morgan fingerprint density at radius 3 is 2.61 bits per heavy atom. The highest BCUT2D eigenvalue weighted by Gasteiger charge is 2.21. The molecule has 4 nitrogen and oxygen atoms in total. The number of aromatic amines is 1. The van der Waals surface area contributed by atoms with Gasteiger partial charge in [-0.1, -0.05) is 41.9 Å². The first-order chi connectivity index (χ1) is 11.1. The Morgan fingerprint density at radius 1 is 1.13 bits per heavy atom. The molecule has 1 atom stereocenters. The molecule has 0 fully saturated rings. The van der Waals surface area contributed by atoms with Crippen molar-refractivity contribution in [3.8, 4) is 0 Å². The fraction of sp³-hybridized carbons (Fsp3) is 0.111. The van der Waals surface area contributed by atoms with E-state index >= 15 is 0 Å². The fourth-order valence-corrected chi connectivity index (χ4v) is 2.66. The quantitative estimate of drug-likeness (QED) is 0.564. The first-order valence-electron chi connectivity index (χ1n) is 7.23. The average Bonchev–Trinajstić information content (AvgIpc) is 2.97. The molecule has 2 aromatic carbocycles. The summed E-state index contributed by atoms with van der Waals surface area (Å²) in [6, 6.07) is 14.4. The van der Waals surface area contributed by atoms with Gasteiger partial charge >= 0.3 is 0 Å². The van der Waals surface area contributed by atoms with Gasteiger partial charge in [0.05, 0.1) is 11.6 Å². The maximum atomic E-state index is 12.4. The highest BCUT2D eigenvalue weighted by atomic mass is 35.5. The highest BCUT2D eigenvalue weighted by Crippen LogP contribution is 2.23.